The fourth-order valence-corrected chi connectivity index (χ4v) is 5.13. The van der Waals surface area contributed by atoms with Crippen molar-refractivity contribution in [2.45, 2.75) is 50.5 Å². The molecule has 0 saturated heterocycles. The fourth-order valence-electron chi connectivity index (χ4n) is 5.13. The number of fused-ring (bicyclic) bond motifs is 1. The monoisotopic (exact) mass is 503 g/mol. The first-order valence-corrected chi connectivity index (χ1v) is 12.7. The Morgan fingerprint density at radius 2 is 1.70 bits per heavy atom. The zero-order chi connectivity index (χ0) is 25.5. The molecule has 2 heterocycles. The first-order valence-electron chi connectivity index (χ1n) is 12.7. The minimum absolute atomic E-state index is 0.145. The van der Waals surface area contributed by atoms with Gasteiger partial charge >= 0.3 is 0 Å². The number of carbonyl (C=O) groups excluding carboxylic acids is 1. The van der Waals surface area contributed by atoms with E-state index in [1.54, 1.807) is 0 Å². The Bertz CT molecular complexity index is 1430. The van der Waals surface area contributed by atoms with E-state index in [0.717, 1.165) is 54.3 Å². The van der Waals surface area contributed by atoms with Crippen LogP contribution in [0, 0.1) is 17.6 Å². The van der Waals surface area contributed by atoms with E-state index >= 15 is 0 Å². The van der Waals surface area contributed by atoms with E-state index in [0.29, 0.717) is 18.3 Å². The van der Waals surface area contributed by atoms with Crippen molar-refractivity contribution in [3.05, 3.63) is 71.7 Å². The maximum atomic E-state index is 13.5. The lowest BCUT2D eigenvalue weighted by Gasteiger charge is -2.28. The van der Waals surface area contributed by atoms with Gasteiger partial charge in [0.1, 0.15) is 0 Å². The Labute approximate surface area is 212 Å². The van der Waals surface area contributed by atoms with Gasteiger partial charge in [0.05, 0.1) is 11.6 Å². The van der Waals surface area contributed by atoms with Gasteiger partial charge in [0.2, 0.25) is 0 Å². The Kier molecular flexibility index (Phi) is 6.06. The summed E-state index contributed by atoms with van der Waals surface area (Å²) in [6, 6.07) is 8.08. The molecule has 6 rings (SSSR count). The molecule has 0 spiro atoms. The number of aromatic nitrogens is 4. The molecule has 2 aliphatic carbocycles. The van der Waals surface area contributed by atoms with Crippen molar-refractivity contribution < 1.29 is 18.7 Å². The van der Waals surface area contributed by atoms with Crippen LogP contribution >= 0.6 is 0 Å². The number of rotatable bonds is 6. The number of benzene rings is 2. The number of nitrogens with zero attached hydrogens (tertiary/aromatic N) is 4. The number of phenolic OH excluding ortho intramolecular Hbond substituents is 1. The summed E-state index contributed by atoms with van der Waals surface area (Å²) in [5.74, 6) is -2.31. The maximum absolute atomic E-state index is 13.5. The number of phenols is 1. The number of hydrogen-bond acceptors (Lipinski definition) is 5. The third-order valence-electron chi connectivity index (χ3n) is 7.52. The normalized spacial score (nSPS) is 19.7. The van der Waals surface area contributed by atoms with Crippen molar-refractivity contribution in [3.8, 4) is 17.1 Å². The summed E-state index contributed by atoms with van der Waals surface area (Å²) in [5.41, 5.74) is 2.93. The van der Waals surface area contributed by atoms with Crippen molar-refractivity contribution in [2.24, 2.45) is 5.92 Å². The van der Waals surface area contributed by atoms with Gasteiger partial charge in [0.25, 0.3) is 5.91 Å². The summed E-state index contributed by atoms with van der Waals surface area (Å²) in [7, 11) is 0. The van der Waals surface area contributed by atoms with E-state index in [4.69, 9.17) is 5.10 Å². The summed E-state index contributed by atoms with van der Waals surface area (Å²) in [6.07, 6.45) is 12.1. The van der Waals surface area contributed by atoms with Crippen LogP contribution in [0.25, 0.3) is 22.3 Å². The highest BCUT2D eigenvalue weighted by molar-refractivity contribution is 5.94. The standard InChI is InChI=1S/C28H27F2N5O2/c29-23-9-20(10-24(30)26(23)36)28(37)33-12-16-1-7-22(8-2-16)35-15-19-6-5-18(11-25(19)34-35)27-31-13-21(14-32-27)17-3-4-17/h5-6,9-11,13-17,22,36H,1-4,7-8,12H2,(H,33,37)/t16-,22-. The highest BCUT2D eigenvalue weighted by atomic mass is 19.1. The van der Waals surface area contributed by atoms with Crippen molar-refractivity contribution >= 4 is 16.8 Å². The molecular weight excluding hydrogens is 476 g/mol. The summed E-state index contributed by atoms with van der Waals surface area (Å²) in [5, 5.41) is 17.9. The van der Waals surface area contributed by atoms with Gasteiger partial charge < -0.3 is 10.4 Å². The van der Waals surface area contributed by atoms with Gasteiger partial charge in [0.15, 0.2) is 23.2 Å². The largest absolute Gasteiger partial charge is 0.503 e. The quantitative estimate of drug-likeness (QED) is 0.362. The first-order chi connectivity index (χ1) is 17.9. The molecule has 190 valence electrons. The molecule has 2 aromatic heterocycles. The number of carbonyl (C=O) groups is 1. The summed E-state index contributed by atoms with van der Waals surface area (Å²) in [6.45, 7) is 0.430. The summed E-state index contributed by atoms with van der Waals surface area (Å²) < 4.78 is 29.1. The van der Waals surface area contributed by atoms with Gasteiger partial charge in [-0.05, 0) is 74.1 Å². The molecule has 2 aliphatic rings. The molecule has 7 nitrogen and oxygen atoms in total. The minimum atomic E-state index is -1.15. The third kappa shape index (κ3) is 4.90. The van der Waals surface area contributed by atoms with Crippen molar-refractivity contribution in [1.82, 2.24) is 25.1 Å². The highest BCUT2D eigenvalue weighted by Gasteiger charge is 2.25. The van der Waals surface area contributed by atoms with Crippen molar-refractivity contribution in [1.29, 1.82) is 0 Å². The molecule has 1 amide bonds. The van der Waals surface area contributed by atoms with Gasteiger partial charge in [-0.25, -0.2) is 18.7 Å². The predicted molar refractivity (Wildman–Crippen MR) is 134 cm³/mol. The van der Waals surface area contributed by atoms with Crippen LogP contribution in [-0.4, -0.2) is 37.3 Å². The Hall–Kier alpha value is -3.88. The molecule has 2 saturated carbocycles. The SMILES string of the molecule is O=C(NC[C@H]1CC[C@H](n2cc3ccc(-c4ncc(C5CC5)cn4)cc3n2)CC1)c1cc(F)c(O)c(F)c1. The van der Waals surface area contributed by atoms with Crippen LogP contribution in [0.15, 0.2) is 48.9 Å². The van der Waals surface area contributed by atoms with E-state index < -0.39 is 23.3 Å². The van der Waals surface area contributed by atoms with Gasteiger partial charge in [-0.2, -0.15) is 5.10 Å². The number of hydrogen-bond donors (Lipinski definition) is 2. The predicted octanol–water partition coefficient (Wildman–Crippen LogP) is 5.52. The van der Waals surface area contributed by atoms with Gasteiger partial charge in [-0.3, -0.25) is 9.48 Å². The number of nitrogens with one attached hydrogen (secondary N) is 1. The van der Waals surface area contributed by atoms with Gasteiger partial charge in [-0.15, -0.1) is 0 Å². The van der Waals surface area contributed by atoms with E-state index in [1.807, 2.05) is 29.2 Å². The molecule has 0 radical (unpaired) electrons. The van der Waals surface area contributed by atoms with Crippen LogP contribution in [0.3, 0.4) is 0 Å². The number of aromatic hydroxyl groups is 1. The average Bonchev–Trinajstić information content (AvgIpc) is 3.68. The molecule has 0 bridgehead atoms. The zero-order valence-electron chi connectivity index (χ0n) is 20.2. The van der Waals surface area contributed by atoms with Crippen LogP contribution in [-0.2, 0) is 0 Å². The highest BCUT2D eigenvalue weighted by Crippen LogP contribution is 2.39. The summed E-state index contributed by atoms with van der Waals surface area (Å²) in [4.78, 5) is 21.4. The van der Waals surface area contributed by atoms with Crippen molar-refractivity contribution in [3.63, 3.8) is 0 Å². The van der Waals surface area contributed by atoms with E-state index in [-0.39, 0.29) is 17.5 Å². The summed E-state index contributed by atoms with van der Waals surface area (Å²) >= 11 is 0. The topological polar surface area (TPSA) is 92.9 Å². The molecule has 2 aromatic carbocycles. The lowest BCUT2D eigenvalue weighted by atomic mass is 9.86. The van der Waals surface area contributed by atoms with Crippen LogP contribution in [0.4, 0.5) is 8.78 Å². The van der Waals surface area contributed by atoms with Crippen LogP contribution in [0.5, 0.6) is 5.75 Å². The molecule has 2 fully saturated rings. The minimum Gasteiger partial charge on any atom is -0.503 e. The fraction of sp³-hybridized carbons (Fsp3) is 0.357. The smallest absolute Gasteiger partial charge is 0.251 e. The molecule has 4 aromatic rings. The second kappa shape index (κ2) is 9.53. The second-order valence-electron chi connectivity index (χ2n) is 10.2. The van der Waals surface area contributed by atoms with Crippen molar-refractivity contribution in [2.75, 3.05) is 6.54 Å². The number of amides is 1. The lowest BCUT2D eigenvalue weighted by Crippen LogP contribution is -2.31. The Morgan fingerprint density at radius 3 is 2.38 bits per heavy atom. The molecule has 0 unspecified atom stereocenters. The second-order valence-corrected chi connectivity index (χ2v) is 10.2. The van der Waals surface area contributed by atoms with E-state index in [1.165, 1.54) is 18.4 Å². The van der Waals surface area contributed by atoms with Gasteiger partial charge in [-0.1, -0.05) is 12.1 Å². The van der Waals surface area contributed by atoms with E-state index in [2.05, 4.69) is 27.5 Å². The molecule has 2 N–H and O–H groups in total. The molecule has 37 heavy (non-hydrogen) atoms. The zero-order valence-corrected chi connectivity index (χ0v) is 20.2. The van der Waals surface area contributed by atoms with Crippen LogP contribution in [0.1, 0.15) is 66.4 Å². The maximum Gasteiger partial charge on any atom is 0.251 e. The molecule has 9 heteroatoms. The lowest BCUT2D eigenvalue weighted by molar-refractivity contribution is 0.0940. The molecule has 0 atom stereocenters. The third-order valence-corrected chi connectivity index (χ3v) is 7.52. The van der Waals surface area contributed by atoms with Crippen LogP contribution in [0.2, 0.25) is 0 Å². The van der Waals surface area contributed by atoms with Gasteiger partial charge in [0, 0.05) is 41.6 Å². The van der Waals surface area contributed by atoms with Crippen LogP contribution < -0.4 is 5.32 Å². The first kappa shape index (κ1) is 23.5. The molecule has 0 aliphatic heterocycles. The Balaban J connectivity index is 1.06. The van der Waals surface area contributed by atoms with E-state index in [9.17, 15) is 18.7 Å². The average molecular weight is 504 g/mol. The number of halogens is 2. The molecular formula is C28H27F2N5O2. The Morgan fingerprint density at radius 1 is 1.00 bits per heavy atom.